The summed E-state index contributed by atoms with van der Waals surface area (Å²) in [5, 5.41) is 16.8. The first-order chi connectivity index (χ1) is 9.72. The molecule has 1 heterocycles. The van der Waals surface area contributed by atoms with E-state index in [1.54, 1.807) is 0 Å². The predicted molar refractivity (Wildman–Crippen MR) is 78.9 cm³/mol. The summed E-state index contributed by atoms with van der Waals surface area (Å²) in [4.78, 5) is 0. The zero-order valence-corrected chi connectivity index (χ0v) is 12.0. The maximum atomic E-state index is 8.86. The highest BCUT2D eigenvalue weighted by atomic mass is 15.3. The van der Waals surface area contributed by atoms with Crippen molar-refractivity contribution in [3.05, 3.63) is 53.3 Å². The highest BCUT2D eigenvalue weighted by Crippen LogP contribution is 2.09. The largest absolute Gasteiger partial charge is 0.307 e. The molecule has 2 aromatic rings. The van der Waals surface area contributed by atoms with E-state index in [1.165, 1.54) is 0 Å². The molecule has 2 rings (SSSR count). The molecule has 0 saturated heterocycles. The van der Waals surface area contributed by atoms with Gasteiger partial charge in [0.25, 0.3) is 0 Å². The van der Waals surface area contributed by atoms with E-state index >= 15 is 0 Å². The average molecular weight is 268 g/mol. The quantitative estimate of drug-likeness (QED) is 0.876. The fourth-order valence-corrected chi connectivity index (χ4v) is 1.99. The number of aromatic nitrogens is 2. The fraction of sp³-hybridized carbons (Fsp3) is 0.375. The van der Waals surface area contributed by atoms with Crippen LogP contribution < -0.4 is 5.32 Å². The fourth-order valence-electron chi connectivity index (χ4n) is 1.99. The molecule has 1 N–H and O–H groups in total. The molecule has 1 unspecified atom stereocenters. The number of hydrogen-bond donors (Lipinski definition) is 1. The van der Waals surface area contributed by atoms with E-state index in [9.17, 15) is 0 Å². The molecule has 0 aliphatic heterocycles. The van der Waals surface area contributed by atoms with Gasteiger partial charge in [0, 0.05) is 25.3 Å². The van der Waals surface area contributed by atoms with Gasteiger partial charge in [-0.25, -0.2) is 0 Å². The smallest absolute Gasteiger partial charge is 0.0991 e. The van der Waals surface area contributed by atoms with Gasteiger partial charge in [-0.3, -0.25) is 4.68 Å². The molecule has 0 spiro atoms. The first-order valence-electron chi connectivity index (χ1n) is 6.96. The molecule has 1 aromatic carbocycles. The van der Waals surface area contributed by atoms with Gasteiger partial charge in [0.1, 0.15) is 0 Å². The van der Waals surface area contributed by atoms with Crippen molar-refractivity contribution < 1.29 is 0 Å². The number of nitrogens with zero attached hydrogens (tertiary/aromatic N) is 3. The van der Waals surface area contributed by atoms with Crippen LogP contribution >= 0.6 is 0 Å². The Morgan fingerprint density at radius 3 is 2.95 bits per heavy atom. The van der Waals surface area contributed by atoms with Crippen LogP contribution in [-0.2, 0) is 13.1 Å². The van der Waals surface area contributed by atoms with Crippen molar-refractivity contribution >= 4 is 0 Å². The van der Waals surface area contributed by atoms with Gasteiger partial charge in [-0.2, -0.15) is 10.4 Å². The van der Waals surface area contributed by atoms with Crippen molar-refractivity contribution in [1.82, 2.24) is 15.1 Å². The molecule has 4 nitrogen and oxygen atoms in total. The molecule has 104 valence electrons. The van der Waals surface area contributed by atoms with Gasteiger partial charge in [-0.1, -0.05) is 19.1 Å². The molecule has 20 heavy (non-hydrogen) atoms. The molecule has 4 heteroatoms. The Kier molecular flexibility index (Phi) is 4.91. The molecule has 0 fully saturated rings. The molecule has 0 bridgehead atoms. The third-order valence-electron chi connectivity index (χ3n) is 3.40. The minimum atomic E-state index is 0.441. The van der Waals surface area contributed by atoms with Crippen LogP contribution in [0.4, 0.5) is 0 Å². The van der Waals surface area contributed by atoms with Gasteiger partial charge in [0.2, 0.25) is 0 Å². The first-order valence-corrected chi connectivity index (χ1v) is 6.96. The van der Waals surface area contributed by atoms with E-state index in [1.807, 2.05) is 41.2 Å². The zero-order valence-electron chi connectivity index (χ0n) is 12.0. The minimum Gasteiger partial charge on any atom is -0.307 e. The molecule has 1 aromatic heterocycles. The van der Waals surface area contributed by atoms with Crippen LogP contribution in [0.25, 0.3) is 0 Å². The van der Waals surface area contributed by atoms with Crippen LogP contribution in [0.5, 0.6) is 0 Å². The predicted octanol–water partition coefficient (Wildman–Crippen LogP) is 3.02. The van der Waals surface area contributed by atoms with E-state index in [4.69, 9.17) is 5.26 Å². The summed E-state index contributed by atoms with van der Waals surface area (Å²) in [6, 6.07) is 12.3. The second kappa shape index (κ2) is 6.88. The number of benzene rings is 1. The Morgan fingerprint density at radius 2 is 2.20 bits per heavy atom. The van der Waals surface area contributed by atoms with Crippen LogP contribution in [0.3, 0.4) is 0 Å². The maximum Gasteiger partial charge on any atom is 0.0991 e. The van der Waals surface area contributed by atoms with Crippen molar-refractivity contribution in [1.29, 1.82) is 5.26 Å². The molecule has 0 aliphatic carbocycles. The molecular formula is C16H20N4. The SMILES string of the molecule is CCC(C)n1ccc(CNCc2cccc(C#N)c2)n1. The van der Waals surface area contributed by atoms with Crippen molar-refractivity contribution in [2.75, 3.05) is 0 Å². The Morgan fingerprint density at radius 1 is 1.35 bits per heavy atom. The second-order valence-corrected chi connectivity index (χ2v) is 4.96. The summed E-state index contributed by atoms with van der Waals surface area (Å²) >= 11 is 0. The highest BCUT2D eigenvalue weighted by molar-refractivity contribution is 5.32. The lowest BCUT2D eigenvalue weighted by molar-refractivity contribution is 0.471. The van der Waals surface area contributed by atoms with Crippen LogP contribution in [-0.4, -0.2) is 9.78 Å². The van der Waals surface area contributed by atoms with E-state index in [-0.39, 0.29) is 0 Å². The summed E-state index contributed by atoms with van der Waals surface area (Å²) in [7, 11) is 0. The standard InChI is InChI=1S/C16H20N4/c1-3-13(2)20-8-7-16(19-20)12-18-11-15-6-4-5-14(9-15)10-17/h4-9,13,18H,3,11-12H2,1-2H3. The van der Waals surface area contributed by atoms with Gasteiger partial charge < -0.3 is 5.32 Å². The summed E-state index contributed by atoms with van der Waals surface area (Å²) < 4.78 is 2.01. The Bertz CT molecular complexity index is 595. The van der Waals surface area contributed by atoms with Crippen molar-refractivity contribution in [2.24, 2.45) is 0 Å². The highest BCUT2D eigenvalue weighted by Gasteiger charge is 2.04. The molecule has 0 radical (unpaired) electrons. The maximum absolute atomic E-state index is 8.86. The van der Waals surface area contributed by atoms with Crippen molar-refractivity contribution in [2.45, 2.75) is 39.4 Å². The number of nitriles is 1. The monoisotopic (exact) mass is 268 g/mol. The van der Waals surface area contributed by atoms with Crippen LogP contribution in [0, 0.1) is 11.3 Å². The number of rotatable bonds is 6. The third kappa shape index (κ3) is 3.69. The zero-order chi connectivity index (χ0) is 14.4. The van der Waals surface area contributed by atoms with Gasteiger partial charge in [0.15, 0.2) is 0 Å². The van der Waals surface area contributed by atoms with Crippen LogP contribution in [0.2, 0.25) is 0 Å². The molecule has 0 aliphatic rings. The summed E-state index contributed by atoms with van der Waals surface area (Å²) in [5.74, 6) is 0. The van der Waals surface area contributed by atoms with E-state index in [0.29, 0.717) is 11.6 Å². The van der Waals surface area contributed by atoms with Gasteiger partial charge in [-0.05, 0) is 37.1 Å². The topological polar surface area (TPSA) is 53.6 Å². The Balaban J connectivity index is 1.86. The van der Waals surface area contributed by atoms with E-state index < -0.39 is 0 Å². The molecule has 0 saturated carbocycles. The summed E-state index contributed by atoms with van der Waals surface area (Å²) in [5.41, 5.74) is 2.86. The lowest BCUT2D eigenvalue weighted by Gasteiger charge is -2.08. The molecular weight excluding hydrogens is 248 g/mol. The lowest BCUT2D eigenvalue weighted by Crippen LogP contribution is -2.14. The second-order valence-electron chi connectivity index (χ2n) is 4.96. The third-order valence-corrected chi connectivity index (χ3v) is 3.40. The lowest BCUT2D eigenvalue weighted by atomic mass is 10.1. The van der Waals surface area contributed by atoms with Crippen LogP contribution in [0.15, 0.2) is 36.5 Å². The van der Waals surface area contributed by atoms with Gasteiger partial charge in [-0.15, -0.1) is 0 Å². The van der Waals surface area contributed by atoms with E-state index in [2.05, 4.69) is 30.3 Å². The minimum absolute atomic E-state index is 0.441. The summed E-state index contributed by atoms with van der Waals surface area (Å²) in [6.07, 6.45) is 3.11. The molecule has 1 atom stereocenters. The number of hydrogen-bond acceptors (Lipinski definition) is 3. The first kappa shape index (κ1) is 14.3. The van der Waals surface area contributed by atoms with Gasteiger partial charge >= 0.3 is 0 Å². The average Bonchev–Trinajstić information content (AvgIpc) is 2.95. The van der Waals surface area contributed by atoms with Crippen molar-refractivity contribution in [3.8, 4) is 6.07 Å². The number of nitrogens with one attached hydrogen (secondary N) is 1. The van der Waals surface area contributed by atoms with Gasteiger partial charge in [0.05, 0.1) is 17.3 Å². The van der Waals surface area contributed by atoms with Crippen LogP contribution in [0.1, 0.15) is 43.1 Å². The Labute approximate surface area is 120 Å². The molecule has 0 amide bonds. The van der Waals surface area contributed by atoms with Crippen molar-refractivity contribution in [3.63, 3.8) is 0 Å². The Hall–Kier alpha value is -2.12. The van der Waals surface area contributed by atoms with E-state index in [0.717, 1.165) is 30.8 Å². The normalized spacial score (nSPS) is 12.1. The summed E-state index contributed by atoms with van der Waals surface area (Å²) in [6.45, 7) is 5.80.